The van der Waals surface area contributed by atoms with Gasteiger partial charge < -0.3 is 24.4 Å². The number of ether oxygens (including phenoxy) is 3. The van der Waals surface area contributed by atoms with E-state index in [4.69, 9.17) is 14.2 Å². The number of methoxy groups -OCH3 is 2. The molecule has 1 amide bonds. The second kappa shape index (κ2) is 8.74. The molecule has 2 heterocycles. The lowest BCUT2D eigenvalue weighted by Gasteiger charge is -2.28. The van der Waals surface area contributed by atoms with Crippen LogP contribution in [0.2, 0.25) is 0 Å². The van der Waals surface area contributed by atoms with Gasteiger partial charge in [-0.25, -0.2) is 0 Å². The fourth-order valence-electron chi connectivity index (χ4n) is 4.34. The van der Waals surface area contributed by atoms with Gasteiger partial charge in [0.15, 0.2) is 11.5 Å². The highest BCUT2D eigenvalue weighted by atomic mass is 16.5. The van der Waals surface area contributed by atoms with E-state index in [1.165, 1.54) is 0 Å². The van der Waals surface area contributed by atoms with Gasteiger partial charge in [-0.2, -0.15) is 0 Å². The summed E-state index contributed by atoms with van der Waals surface area (Å²) in [6, 6.07) is 14.0. The highest BCUT2D eigenvalue weighted by Crippen LogP contribution is 2.40. The number of hydrogen-bond donors (Lipinski definition) is 1. The Hall–Kier alpha value is -2.73. The molecule has 0 radical (unpaired) electrons. The van der Waals surface area contributed by atoms with Crippen LogP contribution in [0.4, 0.5) is 0 Å². The van der Waals surface area contributed by atoms with Gasteiger partial charge in [0.2, 0.25) is 5.75 Å². The van der Waals surface area contributed by atoms with Crippen LogP contribution in [-0.4, -0.2) is 50.2 Å². The van der Waals surface area contributed by atoms with Crippen LogP contribution in [0.1, 0.15) is 35.2 Å². The van der Waals surface area contributed by atoms with Gasteiger partial charge >= 0.3 is 0 Å². The van der Waals surface area contributed by atoms with Crippen molar-refractivity contribution in [2.24, 2.45) is 0 Å². The van der Waals surface area contributed by atoms with Crippen molar-refractivity contribution in [2.75, 3.05) is 27.3 Å². The Bertz CT molecular complexity index is 816. The first-order valence-electron chi connectivity index (χ1n) is 10.2. The van der Waals surface area contributed by atoms with Crippen molar-refractivity contribution in [2.45, 2.75) is 38.0 Å². The van der Waals surface area contributed by atoms with Crippen LogP contribution in [0.15, 0.2) is 42.5 Å². The molecule has 154 valence electrons. The normalized spacial score (nSPS) is 20.8. The summed E-state index contributed by atoms with van der Waals surface area (Å²) >= 11 is 0. The van der Waals surface area contributed by atoms with Crippen molar-refractivity contribution in [3.8, 4) is 17.2 Å². The largest absolute Gasteiger partial charge is 0.493 e. The molecule has 4 rings (SSSR count). The van der Waals surface area contributed by atoms with Gasteiger partial charge in [0, 0.05) is 24.2 Å². The molecule has 2 atom stereocenters. The van der Waals surface area contributed by atoms with Gasteiger partial charge in [-0.3, -0.25) is 4.79 Å². The molecule has 2 saturated heterocycles. The Morgan fingerprint density at radius 2 is 1.72 bits per heavy atom. The second-order valence-corrected chi connectivity index (χ2v) is 7.57. The molecular weight excluding hydrogens is 368 g/mol. The summed E-state index contributed by atoms with van der Waals surface area (Å²) in [7, 11) is 3.16. The fraction of sp³-hybridized carbons (Fsp3) is 0.435. The molecule has 29 heavy (non-hydrogen) atoms. The Balaban J connectivity index is 1.60. The van der Waals surface area contributed by atoms with Crippen LogP contribution in [-0.2, 0) is 6.61 Å². The van der Waals surface area contributed by atoms with Crippen molar-refractivity contribution >= 4 is 5.91 Å². The third kappa shape index (κ3) is 4.03. The highest BCUT2D eigenvalue weighted by Gasteiger charge is 2.38. The van der Waals surface area contributed by atoms with Crippen LogP contribution in [0.5, 0.6) is 17.2 Å². The predicted octanol–water partition coefficient (Wildman–Crippen LogP) is 3.25. The Morgan fingerprint density at radius 1 is 1.03 bits per heavy atom. The van der Waals surface area contributed by atoms with E-state index in [1.807, 2.05) is 30.3 Å². The van der Waals surface area contributed by atoms with Gasteiger partial charge in [-0.15, -0.1) is 0 Å². The van der Waals surface area contributed by atoms with Crippen molar-refractivity contribution in [3.63, 3.8) is 0 Å². The number of carbonyl (C=O) groups is 1. The lowest BCUT2D eigenvalue weighted by Crippen LogP contribution is -2.42. The van der Waals surface area contributed by atoms with Gasteiger partial charge in [0.05, 0.1) is 14.2 Å². The number of amides is 1. The van der Waals surface area contributed by atoms with Crippen molar-refractivity contribution < 1.29 is 19.0 Å². The molecule has 0 aliphatic carbocycles. The first-order chi connectivity index (χ1) is 14.2. The van der Waals surface area contributed by atoms with Crippen molar-refractivity contribution in [3.05, 3.63) is 53.6 Å². The Morgan fingerprint density at radius 3 is 2.41 bits per heavy atom. The van der Waals surface area contributed by atoms with Crippen LogP contribution < -0.4 is 19.5 Å². The highest BCUT2D eigenvalue weighted by molar-refractivity contribution is 5.96. The monoisotopic (exact) mass is 396 g/mol. The molecule has 2 aliphatic heterocycles. The molecule has 2 fully saturated rings. The number of rotatable bonds is 6. The summed E-state index contributed by atoms with van der Waals surface area (Å²) in [5.74, 6) is 1.55. The molecule has 0 saturated carbocycles. The molecule has 1 N–H and O–H groups in total. The maximum absolute atomic E-state index is 13.4. The second-order valence-electron chi connectivity index (χ2n) is 7.57. The molecule has 0 aromatic heterocycles. The van der Waals surface area contributed by atoms with Gasteiger partial charge in [-0.05, 0) is 43.5 Å². The van der Waals surface area contributed by atoms with Crippen LogP contribution in [0, 0.1) is 0 Å². The van der Waals surface area contributed by atoms with E-state index < -0.39 is 0 Å². The summed E-state index contributed by atoms with van der Waals surface area (Å²) < 4.78 is 17.1. The fourth-order valence-corrected chi connectivity index (χ4v) is 4.34. The summed E-state index contributed by atoms with van der Waals surface area (Å²) in [6.07, 6.45) is 3.12. The lowest BCUT2D eigenvalue weighted by molar-refractivity contribution is 0.0679. The van der Waals surface area contributed by atoms with E-state index >= 15 is 0 Å². The summed E-state index contributed by atoms with van der Waals surface area (Å²) in [4.78, 5) is 15.4. The van der Waals surface area contributed by atoms with Crippen LogP contribution in [0.25, 0.3) is 0 Å². The quantitative estimate of drug-likeness (QED) is 0.812. The molecule has 2 aromatic carbocycles. The third-order valence-corrected chi connectivity index (χ3v) is 5.82. The maximum atomic E-state index is 13.4. The average molecular weight is 396 g/mol. The zero-order valence-electron chi connectivity index (χ0n) is 17.0. The maximum Gasteiger partial charge on any atom is 0.254 e. The first-order valence-corrected chi connectivity index (χ1v) is 10.2. The minimum atomic E-state index is 0.0346. The molecule has 2 bridgehead atoms. The number of carbonyl (C=O) groups excluding carboxylic acids is 1. The number of benzene rings is 2. The number of nitrogens with zero attached hydrogens (tertiary/aromatic N) is 1. The third-order valence-electron chi connectivity index (χ3n) is 5.82. The lowest BCUT2D eigenvalue weighted by atomic mass is 10.1. The van der Waals surface area contributed by atoms with Crippen molar-refractivity contribution in [1.29, 1.82) is 0 Å². The van der Waals surface area contributed by atoms with E-state index in [9.17, 15) is 4.79 Å². The minimum absolute atomic E-state index is 0.0346. The van der Waals surface area contributed by atoms with Gasteiger partial charge in [-0.1, -0.05) is 30.3 Å². The topological polar surface area (TPSA) is 60.0 Å². The predicted molar refractivity (Wildman–Crippen MR) is 111 cm³/mol. The van der Waals surface area contributed by atoms with E-state index in [0.29, 0.717) is 35.5 Å². The van der Waals surface area contributed by atoms with E-state index in [-0.39, 0.29) is 11.9 Å². The molecule has 2 aromatic rings. The Kier molecular flexibility index (Phi) is 5.90. The number of nitrogens with one attached hydrogen (secondary N) is 1. The molecule has 6 heteroatoms. The van der Waals surface area contributed by atoms with E-state index in [2.05, 4.69) is 10.2 Å². The van der Waals surface area contributed by atoms with Crippen LogP contribution >= 0.6 is 0 Å². The minimum Gasteiger partial charge on any atom is -0.493 e. The van der Waals surface area contributed by atoms with Gasteiger partial charge in [0.25, 0.3) is 5.91 Å². The summed E-state index contributed by atoms with van der Waals surface area (Å²) in [5, 5.41) is 3.44. The summed E-state index contributed by atoms with van der Waals surface area (Å²) in [6.45, 7) is 2.21. The smallest absolute Gasteiger partial charge is 0.254 e. The zero-order chi connectivity index (χ0) is 20.2. The molecular formula is C23H28N2O4. The van der Waals surface area contributed by atoms with E-state index in [0.717, 1.165) is 37.9 Å². The summed E-state index contributed by atoms with van der Waals surface area (Å²) in [5.41, 5.74) is 1.62. The molecule has 6 nitrogen and oxygen atoms in total. The average Bonchev–Trinajstić information content (AvgIpc) is 3.04. The van der Waals surface area contributed by atoms with Crippen LogP contribution in [0.3, 0.4) is 0 Å². The number of fused-ring (bicyclic) bond motifs is 2. The van der Waals surface area contributed by atoms with Gasteiger partial charge in [0.1, 0.15) is 6.61 Å². The standard InChI is InChI=1S/C23H28N2O4/c1-27-20-12-17(23(26)25-18-8-9-19(25)14-24-11-10-18)13-21(28-2)22(20)29-15-16-6-4-3-5-7-16/h3-7,12-13,18-19,24H,8-11,14-15H2,1-2H3. The van der Waals surface area contributed by atoms with E-state index in [1.54, 1.807) is 26.4 Å². The first kappa shape index (κ1) is 19.6. The van der Waals surface area contributed by atoms with Crippen molar-refractivity contribution in [1.82, 2.24) is 10.2 Å². The SMILES string of the molecule is COc1cc(C(=O)N2C3CCNCC2CC3)cc(OC)c1OCc1ccccc1. The molecule has 2 aliphatic rings. The number of hydrogen-bond acceptors (Lipinski definition) is 5. The Labute approximate surface area is 171 Å². The molecule has 0 spiro atoms. The zero-order valence-corrected chi connectivity index (χ0v) is 17.0. The molecule has 2 unspecified atom stereocenters.